The third-order valence-corrected chi connectivity index (χ3v) is 7.86. The minimum absolute atomic E-state index is 0.0782. The van der Waals surface area contributed by atoms with Gasteiger partial charge >= 0.3 is 0 Å². The van der Waals surface area contributed by atoms with Gasteiger partial charge in [0.05, 0.1) is 27.8 Å². The van der Waals surface area contributed by atoms with Crippen LogP contribution < -0.4 is 15.0 Å². The molecule has 1 N–H and O–H groups in total. The van der Waals surface area contributed by atoms with Gasteiger partial charge in [0.2, 0.25) is 11.8 Å². The molecule has 2 aliphatic heterocycles. The van der Waals surface area contributed by atoms with Gasteiger partial charge in [0, 0.05) is 43.3 Å². The Balaban J connectivity index is 1.07. The number of aromatic nitrogens is 3. The number of fused-ring (bicyclic) bond motifs is 1. The van der Waals surface area contributed by atoms with Crippen LogP contribution in [0.1, 0.15) is 33.6 Å². The first-order chi connectivity index (χ1) is 20.3. The van der Waals surface area contributed by atoms with Crippen molar-refractivity contribution in [2.75, 3.05) is 25.1 Å². The number of imide groups is 2. The Morgan fingerprint density at radius 3 is 2.48 bits per heavy atom. The van der Waals surface area contributed by atoms with E-state index in [0.717, 1.165) is 32.0 Å². The summed E-state index contributed by atoms with van der Waals surface area (Å²) in [5, 5.41) is 6.89. The number of anilines is 1. The Morgan fingerprint density at radius 2 is 1.74 bits per heavy atom. The zero-order chi connectivity index (χ0) is 29.4. The molecule has 212 valence electrons. The van der Waals surface area contributed by atoms with E-state index in [0.29, 0.717) is 18.9 Å². The number of likely N-dealkylation sites (N-methyl/N-ethyl adjacent to an activating group) is 1. The molecular formula is C30H25BrN6O5. The fourth-order valence-electron chi connectivity index (χ4n) is 5.01. The van der Waals surface area contributed by atoms with E-state index in [1.54, 1.807) is 35.3 Å². The van der Waals surface area contributed by atoms with E-state index in [9.17, 15) is 19.2 Å². The fraction of sp³-hybridized carbons (Fsp3) is 0.200. The van der Waals surface area contributed by atoms with E-state index in [-0.39, 0.29) is 24.0 Å². The highest BCUT2D eigenvalue weighted by Gasteiger charge is 2.44. The largest absolute Gasteiger partial charge is 0.492 e. The van der Waals surface area contributed by atoms with Gasteiger partial charge < -0.3 is 9.64 Å². The molecule has 1 unspecified atom stereocenters. The Labute approximate surface area is 249 Å². The quantitative estimate of drug-likeness (QED) is 0.293. The van der Waals surface area contributed by atoms with E-state index in [2.05, 4.69) is 31.3 Å². The predicted molar refractivity (Wildman–Crippen MR) is 156 cm³/mol. The van der Waals surface area contributed by atoms with Gasteiger partial charge in [-0.05, 0) is 76.9 Å². The van der Waals surface area contributed by atoms with Crippen LogP contribution in [-0.4, -0.2) is 69.5 Å². The summed E-state index contributed by atoms with van der Waals surface area (Å²) in [6, 6.07) is 15.4. The minimum Gasteiger partial charge on any atom is -0.492 e. The van der Waals surface area contributed by atoms with Crippen LogP contribution >= 0.6 is 15.9 Å². The normalized spacial score (nSPS) is 16.4. The molecular weight excluding hydrogens is 604 g/mol. The number of hydrogen-bond acceptors (Lipinski definition) is 8. The van der Waals surface area contributed by atoms with Crippen molar-refractivity contribution in [3.8, 4) is 22.7 Å². The molecule has 2 aromatic heterocycles. The number of halogens is 1. The number of nitrogens with one attached hydrogen (secondary N) is 1. The standard InChI is InChI=1S/C30H25BrN6O5/c1-35(20-4-7-22-23(16-20)30(41)37(29(22)40)25-8-9-26(38)33-28(25)39)14-15-42-21-5-2-19(3-6-21)36-17-24(31)27(34-36)18-10-12-32-13-11-18/h2-7,10-13,16-17,25H,8-9,14-15H2,1H3,(H,33,38,39). The Hall–Kier alpha value is -4.84. The molecule has 6 rings (SSSR count). The summed E-state index contributed by atoms with van der Waals surface area (Å²) in [7, 11) is 1.86. The van der Waals surface area contributed by atoms with Crippen LogP contribution in [0.2, 0.25) is 0 Å². The van der Waals surface area contributed by atoms with Gasteiger partial charge in [-0.25, -0.2) is 4.68 Å². The lowest BCUT2D eigenvalue weighted by molar-refractivity contribution is -0.136. The Morgan fingerprint density at radius 1 is 1.00 bits per heavy atom. The van der Waals surface area contributed by atoms with Crippen LogP contribution in [0.3, 0.4) is 0 Å². The molecule has 4 amide bonds. The lowest BCUT2D eigenvalue weighted by Crippen LogP contribution is -2.54. The SMILES string of the molecule is CN(CCOc1ccc(-n2cc(Br)c(-c3ccncc3)n2)cc1)c1ccc2c(c1)C(=O)N(C1CCC(=O)NC1=O)C2=O. The Bertz CT molecular complexity index is 1710. The van der Waals surface area contributed by atoms with E-state index >= 15 is 0 Å². The average molecular weight is 629 g/mol. The first-order valence-electron chi connectivity index (χ1n) is 13.3. The number of pyridine rings is 1. The smallest absolute Gasteiger partial charge is 0.262 e. The third kappa shape index (κ3) is 5.16. The topological polar surface area (TPSA) is 127 Å². The number of carbonyl (C=O) groups excluding carboxylic acids is 4. The number of piperidine rings is 1. The highest BCUT2D eigenvalue weighted by Crippen LogP contribution is 2.31. The second-order valence-corrected chi connectivity index (χ2v) is 10.8. The summed E-state index contributed by atoms with van der Waals surface area (Å²) in [5.74, 6) is -1.40. The zero-order valence-electron chi connectivity index (χ0n) is 22.5. The monoisotopic (exact) mass is 628 g/mol. The van der Waals surface area contributed by atoms with Crippen molar-refractivity contribution in [1.29, 1.82) is 0 Å². The number of nitrogens with zero attached hydrogens (tertiary/aromatic N) is 5. The number of hydrogen-bond donors (Lipinski definition) is 1. The molecule has 0 aliphatic carbocycles. The summed E-state index contributed by atoms with van der Waals surface area (Å²) in [6.45, 7) is 0.892. The maximum Gasteiger partial charge on any atom is 0.262 e. The van der Waals surface area contributed by atoms with Crippen molar-refractivity contribution < 1.29 is 23.9 Å². The van der Waals surface area contributed by atoms with Gasteiger partial charge in [0.25, 0.3) is 11.8 Å². The number of carbonyl (C=O) groups is 4. The van der Waals surface area contributed by atoms with Crippen LogP contribution in [0.4, 0.5) is 5.69 Å². The molecule has 1 atom stereocenters. The lowest BCUT2D eigenvalue weighted by Gasteiger charge is -2.27. The van der Waals surface area contributed by atoms with Crippen molar-refractivity contribution in [2.45, 2.75) is 18.9 Å². The van der Waals surface area contributed by atoms with Crippen LogP contribution in [0.15, 0.2) is 77.7 Å². The summed E-state index contributed by atoms with van der Waals surface area (Å²) in [5.41, 5.74) is 3.88. The van der Waals surface area contributed by atoms with Crippen molar-refractivity contribution in [2.24, 2.45) is 0 Å². The Kier molecular flexibility index (Phi) is 7.29. The second kappa shape index (κ2) is 11.2. The number of rotatable bonds is 8. The van der Waals surface area contributed by atoms with Crippen molar-refractivity contribution >= 4 is 45.2 Å². The van der Waals surface area contributed by atoms with Gasteiger partial charge in [0.1, 0.15) is 24.1 Å². The van der Waals surface area contributed by atoms with E-state index < -0.39 is 29.7 Å². The molecule has 12 heteroatoms. The minimum atomic E-state index is -0.991. The molecule has 0 spiro atoms. The van der Waals surface area contributed by atoms with Crippen molar-refractivity contribution in [3.63, 3.8) is 0 Å². The summed E-state index contributed by atoms with van der Waals surface area (Å²) < 4.78 is 8.61. The molecule has 42 heavy (non-hydrogen) atoms. The van der Waals surface area contributed by atoms with Gasteiger partial charge in [-0.2, -0.15) is 5.10 Å². The van der Waals surface area contributed by atoms with Crippen LogP contribution in [0.25, 0.3) is 16.9 Å². The fourth-order valence-corrected chi connectivity index (χ4v) is 5.51. The van der Waals surface area contributed by atoms with Crippen LogP contribution in [-0.2, 0) is 9.59 Å². The zero-order valence-corrected chi connectivity index (χ0v) is 24.1. The maximum absolute atomic E-state index is 13.1. The molecule has 4 aromatic rings. The first-order valence-corrected chi connectivity index (χ1v) is 14.0. The van der Waals surface area contributed by atoms with Gasteiger partial charge in [0.15, 0.2) is 0 Å². The molecule has 1 fully saturated rings. The van der Waals surface area contributed by atoms with Crippen molar-refractivity contribution in [3.05, 3.63) is 88.8 Å². The van der Waals surface area contributed by atoms with E-state index in [1.807, 2.05) is 54.5 Å². The van der Waals surface area contributed by atoms with Gasteiger partial charge in [-0.3, -0.25) is 34.4 Å². The number of ether oxygens (including phenoxy) is 1. The molecule has 4 heterocycles. The van der Waals surface area contributed by atoms with Crippen molar-refractivity contribution in [1.82, 2.24) is 25.0 Å². The summed E-state index contributed by atoms with van der Waals surface area (Å²) >= 11 is 3.58. The summed E-state index contributed by atoms with van der Waals surface area (Å²) in [4.78, 5) is 56.8. The molecule has 0 bridgehead atoms. The maximum atomic E-state index is 13.1. The third-order valence-electron chi connectivity index (χ3n) is 7.28. The highest BCUT2D eigenvalue weighted by molar-refractivity contribution is 9.10. The second-order valence-electron chi connectivity index (χ2n) is 9.95. The molecule has 2 aliphatic rings. The van der Waals surface area contributed by atoms with E-state index in [4.69, 9.17) is 4.74 Å². The number of amides is 4. The highest BCUT2D eigenvalue weighted by atomic mass is 79.9. The number of benzene rings is 2. The van der Waals surface area contributed by atoms with E-state index in [1.165, 1.54) is 0 Å². The molecule has 2 aromatic carbocycles. The molecule has 0 saturated carbocycles. The first kappa shape index (κ1) is 27.3. The molecule has 11 nitrogen and oxygen atoms in total. The summed E-state index contributed by atoms with van der Waals surface area (Å²) in [6.07, 6.45) is 5.56. The van der Waals surface area contributed by atoms with Crippen LogP contribution in [0.5, 0.6) is 5.75 Å². The van der Waals surface area contributed by atoms with Gasteiger partial charge in [-0.1, -0.05) is 0 Å². The molecule has 1 saturated heterocycles. The lowest BCUT2D eigenvalue weighted by atomic mass is 10.0. The predicted octanol–water partition coefficient (Wildman–Crippen LogP) is 3.61. The average Bonchev–Trinajstić information content (AvgIpc) is 3.50. The van der Waals surface area contributed by atoms with Gasteiger partial charge in [-0.15, -0.1) is 0 Å². The molecule has 0 radical (unpaired) electrons. The van der Waals surface area contributed by atoms with Crippen LogP contribution in [0, 0.1) is 0 Å².